The minimum absolute atomic E-state index is 0.105. The molecule has 2 aliphatic rings. The number of nitrogens with zero attached hydrogens (tertiary/aromatic N) is 2. The molecule has 10 aromatic rings. The number of imide groups is 2. The first-order chi connectivity index (χ1) is 50.4. The number of hydrogen-bond acceptors (Lipinski definition) is 12. The zero-order valence-corrected chi connectivity index (χ0v) is 72.0. The van der Waals surface area contributed by atoms with Crippen molar-refractivity contribution >= 4 is 160 Å². The highest BCUT2D eigenvalue weighted by molar-refractivity contribution is 7.33. The SMILES string of the molecule is CCCCC(CC)CN1C(=O)c2c(C)sc(-c3ccc(-c4ccc(-c5ccc(-c6sc(-c7cc8c(-c9ccc([Si](CCCC)(CCCC)CCCC)s9)c9sc(C)cc9c(-c9ccc([Si](CCCC)(CCCC)CCCC)s9)c8s7)c7c6C(=O)N(CC(CC)CCCC)C7=O)s5)c(F)c4F)s3)c2C1=O. The second-order valence-corrected chi connectivity index (χ2v) is 48.7. The van der Waals surface area contributed by atoms with E-state index in [0.717, 1.165) is 75.8 Å². The van der Waals surface area contributed by atoms with Crippen molar-refractivity contribution in [2.75, 3.05) is 13.1 Å². The molecule has 0 spiro atoms. The Hall–Kier alpha value is -4.87. The van der Waals surface area contributed by atoms with E-state index in [1.165, 1.54) is 214 Å². The largest absolute Gasteiger partial charge is 0.274 e. The molecule has 2 aromatic carbocycles. The maximum absolute atomic E-state index is 17.1. The van der Waals surface area contributed by atoms with Gasteiger partial charge in [-0.25, -0.2) is 8.78 Å². The Balaban J connectivity index is 0.990. The normalized spacial score (nSPS) is 14.1. The fourth-order valence-corrected chi connectivity index (χ4v) is 39.7. The van der Waals surface area contributed by atoms with Crippen LogP contribution in [0.15, 0.2) is 72.8 Å². The quantitative estimate of drug-likeness (QED) is 0.0284. The van der Waals surface area contributed by atoms with Crippen LogP contribution < -0.4 is 9.00 Å². The van der Waals surface area contributed by atoms with Gasteiger partial charge in [-0.05, 0) is 108 Å². The van der Waals surface area contributed by atoms with E-state index in [0.29, 0.717) is 54.9 Å². The fourth-order valence-electron chi connectivity index (χ4n) is 16.5. The third-order valence-electron chi connectivity index (χ3n) is 22.7. The van der Waals surface area contributed by atoms with Crippen LogP contribution in [0, 0.1) is 37.3 Å². The molecule has 0 bridgehead atoms. The highest BCUT2D eigenvalue weighted by Crippen LogP contribution is 2.57. The summed E-state index contributed by atoms with van der Waals surface area (Å²) < 4.78 is 40.0. The Bertz CT molecular complexity index is 4550. The van der Waals surface area contributed by atoms with Crippen LogP contribution in [0.25, 0.3) is 91.2 Å². The number of aryl methyl sites for hydroxylation is 2. The first kappa shape index (κ1) is 78.7. The first-order valence-corrected chi connectivity index (χ1v) is 51.1. The van der Waals surface area contributed by atoms with Crippen LogP contribution in [-0.2, 0) is 0 Å². The van der Waals surface area contributed by atoms with E-state index < -0.39 is 27.8 Å². The van der Waals surface area contributed by atoms with Gasteiger partial charge in [-0.1, -0.05) is 233 Å². The molecule has 2 unspecified atom stereocenters. The minimum atomic E-state index is -1.88. The monoisotopic (exact) mass is 1580 g/mol. The van der Waals surface area contributed by atoms with E-state index in [2.05, 4.69) is 135 Å². The van der Waals surface area contributed by atoms with E-state index in [1.54, 1.807) is 38.5 Å². The Kier molecular flexibility index (Phi) is 26.3. The van der Waals surface area contributed by atoms with E-state index in [1.807, 2.05) is 36.5 Å². The van der Waals surface area contributed by atoms with Crippen molar-refractivity contribution in [2.24, 2.45) is 11.8 Å². The van der Waals surface area contributed by atoms with Crippen LogP contribution in [-0.4, -0.2) is 62.7 Å². The summed E-state index contributed by atoms with van der Waals surface area (Å²) in [6.07, 6.45) is 22.5. The third kappa shape index (κ3) is 15.3. The Morgan fingerprint density at radius 3 is 1.12 bits per heavy atom. The number of fused-ring (bicyclic) bond motifs is 4. The molecular weight excluding hydrogens is 1480 g/mol. The molecule has 2 aliphatic heterocycles. The van der Waals surface area contributed by atoms with Crippen molar-refractivity contribution in [3.05, 3.63) is 116 Å². The van der Waals surface area contributed by atoms with E-state index >= 15 is 18.4 Å². The lowest BCUT2D eigenvalue weighted by Gasteiger charge is -2.31. The summed E-state index contributed by atoms with van der Waals surface area (Å²) in [6, 6.07) is 33.5. The summed E-state index contributed by atoms with van der Waals surface area (Å²) in [7, 11) is -3.76. The Labute approximate surface area is 651 Å². The van der Waals surface area contributed by atoms with Crippen molar-refractivity contribution in [1.29, 1.82) is 0 Å². The number of carbonyl (C=O) groups excluding carboxylic acids is 4. The maximum Gasteiger partial charge on any atom is 0.263 e. The summed E-state index contributed by atoms with van der Waals surface area (Å²) in [5.74, 6) is -2.66. The van der Waals surface area contributed by atoms with Crippen LogP contribution in [0.4, 0.5) is 8.78 Å². The summed E-state index contributed by atoms with van der Waals surface area (Å²) in [4.78, 5) is 72.5. The molecule has 0 saturated carbocycles. The molecule has 0 radical (unpaired) electrons. The maximum atomic E-state index is 17.1. The molecule has 6 nitrogen and oxygen atoms in total. The van der Waals surface area contributed by atoms with Gasteiger partial charge < -0.3 is 0 Å². The number of unbranched alkanes of at least 4 members (excludes halogenated alkanes) is 8. The number of benzene rings is 2. The van der Waals surface area contributed by atoms with Crippen LogP contribution >= 0.6 is 90.7 Å². The van der Waals surface area contributed by atoms with Gasteiger partial charge in [-0.2, -0.15) is 0 Å². The topological polar surface area (TPSA) is 74.8 Å². The highest BCUT2D eigenvalue weighted by atomic mass is 32.1. The molecule has 2 atom stereocenters. The zero-order chi connectivity index (χ0) is 73.7. The van der Waals surface area contributed by atoms with Gasteiger partial charge in [0.05, 0.1) is 53.0 Å². The van der Waals surface area contributed by atoms with Gasteiger partial charge in [0.15, 0.2) is 11.6 Å². The molecule has 0 aliphatic carbocycles. The molecule has 0 N–H and O–H groups in total. The van der Waals surface area contributed by atoms with Gasteiger partial charge in [0.2, 0.25) is 0 Å². The Morgan fingerprint density at radius 1 is 0.356 bits per heavy atom. The molecule has 10 heterocycles. The standard InChI is InChI=1S/C86H106F2N2O4S8Si2/c1-13-23-31-55(21-9)51-89-83(91)70-54(12)96-80(73(70)84(89)92)65-37-35-61(97-65)57-33-34-58(77(88)76(57)87)62-36-38-66(98-62)81-74-75(86(94)90(85(74)93)52-56(22-10)32-24-14-2)82(102-81)67-50-60-72(64-40-42-69(100-64)104(46-28-18-6,47-29-19-7)48-30-20-8)78-59(49-53(11)95-78)71(79(60)101-67)63-39-41-68(99-63)103(43-25-15-3,44-26-16-4)45-27-17-5/h33-42,49-50,55-56H,13-32,43-48,51-52H2,1-12H3. The molecule has 0 fully saturated rings. The molecule has 104 heavy (non-hydrogen) atoms. The third-order valence-corrected chi connectivity index (χ3v) is 45.3. The van der Waals surface area contributed by atoms with Gasteiger partial charge in [0.25, 0.3) is 23.6 Å². The van der Waals surface area contributed by atoms with Crippen LogP contribution in [0.3, 0.4) is 0 Å². The predicted octanol–water partition coefficient (Wildman–Crippen LogP) is 28.8. The van der Waals surface area contributed by atoms with Gasteiger partial charge in [-0.3, -0.25) is 29.0 Å². The van der Waals surface area contributed by atoms with Gasteiger partial charge >= 0.3 is 0 Å². The van der Waals surface area contributed by atoms with Crippen LogP contribution in [0.1, 0.15) is 249 Å². The van der Waals surface area contributed by atoms with Crippen LogP contribution in [0.2, 0.25) is 36.3 Å². The lowest BCUT2D eigenvalue weighted by atomic mass is 9.99. The number of halogens is 2. The second kappa shape index (κ2) is 34.8. The van der Waals surface area contributed by atoms with Gasteiger partial charge in [0, 0.05) is 99.4 Å². The zero-order valence-electron chi connectivity index (χ0n) is 63.4. The van der Waals surface area contributed by atoms with Crippen molar-refractivity contribution < 1.29 is 28.0 Å². The number of thiophene rings is 8. The predicted molar refractivity (Wildman–Crippen MR) is 458 cm³/mol. The van der Waals surface area contributed by atoms with E-state index in [4.69, 9.17) is 0 Å². The van der Waals surface area contributed by atoms with Gasteiger partial charge in [-0.15, -0.1) is 90.7 Å². The molecule has 4 amide bonds. The minimum Gasteiger partial charge on any atom is -0.274 e. The lowest BCUT2D eigenvalue weighted by Crippen LogP contribution is -2.45. The van der Waals surface area contributed by atoms with Crippen molar-refractivity contribution in [1.82, 2.24) is 9.80 Å². The first-order valence-electron chi connectivity index (χ1n) is 39.3. The molecule has 8 aromatic heterocycles. The van der Waals surface area contributed by atoms with E-state index in [-0.39, 0.29) is 46.6 Å². The smallest absolute Gasteiger partial charge is 0.263 e. The van der Waals surface area contributed by atoms with E-state index in [9.17, 15) is 9.59 Å². The van der Waals surface area contributed by atoms with Crippen molar-refractivity contribution in [3.8, 4) is 71.0 Å². The number of carbonyl (C=O) groups is 4. The number of amides is 4. The average molecular weight is 1580 g/mol. The highest BCUT2D eigenvalue weighted by Gasteiger charge is 2.46. The van der Waals surface area contributed by atoms with Crippen molar-refractivity contribution in [2.45, 2.75) is 248 Å². The Morgan fingerprint density at radius 2 is 0.712 bits per heavy atom. The van der Waals surface area contributed by atoms with Crippen LogP contribution in [0.5, 0.6) is 0 Å². The molecular formula is C86H106F2N2O4S8Si2. The van der Waals surface area contributed by atoms with Crippen molar-refractivity contribution in [3.63, 3.8) is 0 Å². The number of hydrogen-bond donors (Lipinski definition) is 0. The summed E-state index contributed by atoms with van der Waals surface area (Å²) in [6.45, 7) is 27.6. The molecule has 554 valence electrons. The fraction of sp³-hybridized carbons (Fsp3) is 0.488. The summed E-state index contributed by atoms with van der Waals surface area (Å²) in [5.41, 5.74) is 4.52. The lowest BCUT2D eigenvalue weighted by molar-refractivity contribution is 0.0609. The average Bonchev–Trinajstić information content (AvgIpc) is 1.54. The summed E-state index contributed by atoms with van der Waals surface area (Å²) >= 11 is 13.3. The van der Waals surface area contributed by atoms with Gasteiger partial charge in [0.1, 0.15) is 0 Å². The summed E-state index contributed by atoms with van der Waals surface area (Å²) in [5, 5.41) is 2.50. The molecule has 12 rings (SSSR count). The second-order valence-electron chi connectivity index (χ2n) is 29.9. The number of rotatable bonds is 39. The molecule has 0 saturated heterocycles. The molecule has 18 heteroatoms.